The first-order valence-corrected chi connectivity index (χ1v) is 6.97. The molecule has 1 rings (SSSR count). The third-order valence-corrected chi connectivity index (χ3v) is 2.80. The fraction of sp³-hybridized carbons (Fsp3) is 0.600. The van der Waals surface area contributed by atoms with Gasteiger partial charge in [-0.05, 0) is 18.6 Å². The number of hydrogen-bond donors (Lipinski definition) is 2. The third-order valence-electron chi connectivity index (χ3n) is 2.80. The number of para-hydroxylation sites is 2. The molecule has 0 bridgehead atoms. The van der Waals surface area contributed by atoms with Gasteiger partial charge in [0.25, 0.3) is 0 Å². The first-order chi connectivity index (χ1) is 9.24. The number of nitrogen functional groups attached to an aromatic ring is 1. The minimum Gasteiger partial charge on any atom is -0.489 e. The smallest absolute Gasteiger partial charge is 0.142 e. The lowest BCUT2D eigenvalue weighted by Crippen LogP contribution is -2.24. The molecule has 0 saturated carbocycles. The van der Waals surface area contributed by atoms with Gasteiger partial charge in [0.15, 0.2) is 0 Å². The molecule has 19 heavy (non-hydrogen) atoms. The lowest BCUT2D eigenvalue weighted by molar-refractivity contribution is 0.0111. The summed E-state index contributed by atoms with van der Waals surface area (Å²) in [7, 11) is 0. The Morgan fingerprint density at radius 2 is 1.95 bits per heavy atom. The molecule has 1 atom stereocenters. The van der Waals surface area contributed by atoms with Crippen LogP contribution < -0.4 is 10.5 Å². The molecule has 0 spiro atoms. The van der Waals surface area contributed by atoms with Crippen molar-refractivity contribution in [3.8, 4) is 5.75 Å². The maximum Gasteiger partial charge on any atom is 0.142 e. The Morgan fingerprint density at radius 1 is 1.16 bits per heavy atom. The van der Waals surface area contributed by atoms with Crippen molar-refractivity contribution in [1.29, 1.82) is 0 Å². The van der Waals surface area contributed by atoms with Gasteiger partial charge in [0, 0.05) is 6.61 Å². The van der Waals surface area contributed by atoms with E-state index in [9.17, 15) is 5.11 Å². The van der Waals surface area contributed by atoms with Crippen molar-refractivity contribution in [3.05, 3.63) is 24.3 Å². The Hall–Kier alpha value is -1.26. The van der Waals surface area contributed by atoms with Gasteiger partial charge in [-0.15, -0.1) is 0 Å². The molecule has 0 heterocycles. The first kappa shape index (κ1) is 15.8. The van der Waals surface area contributed by atoms with E-state index in [1.165, 1.54) is 19.3 Å². The van der Waals surface area contributed by atoms with Crippen molar-refractivity contribution in [2.45, 2.75) is 38.7 Å². The van der Waals surface area contributed by atoms with Gasteiger partial charge in [-0.2, -0.15) is 0 Å². The number of anilines is 1. The molecule has 0 aliphatic heterocycles. The maximum atomic E-state index is 9.71. The first-order valence-electron chi connectivity index (χ1n) is 6.97. The summed E-state index contributed by atoms with van der Waals surface area (Å²) in [6, 6.07) is 7.25. The van der Waals surface area contributed by atoms with Crippen LogP contribution >= 0.6 is 0 Å². The molecular weight excluding hydrogens is 242 g/mol. The minimum atomic E-state index is -0.620. The number of rotatable bonds is 10. The van der Waals surface area contributed by atoms with Crippen LogP contribution in [0.25, 0.3) is 0 Å². The highest BCUT2D eigenvalue weighted by molar-refractivity contribution is 5.51. The molecule has 1 unspecified atom stereocenters. The second-order valence-electron chi connectivity index (χ2n) is 4.64. The van der Waals surface area contributed by atoms with E-state index in [0.717, 1.165) is 6.42 Å². The van der Waals surface area contributed by atoms with E-state index in [1.807, 2.05) is 12.1 Å². The lowest BCUT2D eigenvalue weighted by Gasteiger charge is -2.13. The zero-order valence-electron chi connectivity index (χ0n) is 11.7. The number of nitrogens with two attached hydrogens (primary N) is 1. The molecule has 0 aliphatic carbocycles. The van der Waals surface area contributed by atoms with Crippen LogP contribution in [0.3, 0.4) is 0 Å². The highest BCUT2D eigenvalue weighted by Gasteiger charge is 2.06. The topological polar surface area (TPSA) is 64.7 Å². The maximum absolute atomic E-state index is 9.71. The average Bonchev–Trinajstić information content (AvgIpc) is 2.42. The van der Waals surface area contributed by atoms with Crippen molar-refractivity contribution in [2.75, 3.05) is 25.6 Å². The molecule has 1 aromatic rings. The molecule has 108 valence electrons. The number of unbranched alkanes of at least 4 members (excludes halogenated alkanes) is 3. The zero-order valence-corrected chi connectivity index (χ0v) is 11.7. The number of ether oxygens (including phenoxy) is 2. The van der Waals surface area contributed by atoms with Gasteiger partial charge < -0.3 is 20.3 Å². The van der Waals surface area contributed by atoms with E-state index < -0.39 is 6.10 Å². The molecule has 1 aromatic carbocycles. The highest BCUT2D eigenvalue weighted by Crippen LogP contribution is 2.19. The minimum absolute atomic E-state index is 0.198. The Balaban J connectivity index is 2.08. The van der Waals surface area contributed by atoms with E-state index in [4.69, 9.17) is 15.2 Å². The molecular formula is C15H25NO3. The Bertz CT molecular complexity index is 344. The summed E-state index contributed by atoms with van der Waals surface area (Å²) in [6.45, 7) is 3.38. The fourth-order valence-corrected chi connectivity index (χ4v) is 1.70. The average molecular weight is 267 g/mol. The Kier molecular flexibility index (Phi) is 8.02. The van der Waals surface area contributed by atoms with E-state index in [1.54, 1.807) is 12.1 Å². The molecule has 0 saturated heterocycles. The van der Waals surface area contributed by atoms with Crippen molar-refractivity contribution in [2.24, 2.45) is 0 Å². The predicted octanol–water partition coefficient (Wildman–Crippen LogP) is 2.61. The summed E-state index contributed by atoms with van der Waals surface area (Å²) in [5.41, 5.74) is 6.32. The fourth-order valence-electron chi connectivity index (χ4n) is 1.70. The molecule has 0 amide bonds. The molecule has 3 N–H and O–H groups in total. The van der Waals surface area contributed by atoms with E-state index in [0.29, 0.717) is 24.7 Å². The van der Waals surface area contributed by atoms with Crippen LogP contribution in [0.2, 0.25) is 0 Å². The monoisotopic (exact) mass is 267 g/mol. The summed E-state index contributed by atoms with van der Waals surface area (Å²) in [5.74, 6) is 0.601. The van der Waals surface area contributed by atoms with Crippen molar-refractivity contribution < 1.29 is 14.6 Å². The van der Waals surface area contributed by atoms with Crippen molar-refractivity contribution in [3.63, 3.8) is 0 Å². The van der Waals surface area contributed by atoms with E-state index in [2.05, 4.69) is 6.92 Å². The van der Waals surface area contributed by atoms with Gasteiger partial charge in [-0.25, -0.2) is 0 Å². The molecule has 0 fully saturated rings. The van der Waals surface area contributed by atoms with Crippen LogP contribution in [0.15, 0.2) is 24.3 Å². The summed E-state index contributed by atoms with van der Waals surface area (Å²) < 4.78 is 10.8. The second kappa shape index (κ2) is 9.64. The van der Waals surface area contributed by atoms with Crippen LogP contribution in [0.1, 0.15) is 32.6 Å². The molecule has 4 nitrogen and oxygen atoms in total. The standard InChI is InChI=1S/C15H25NO3/c1-2-3-4-7-10-18-11-13(17)12-19-15-9-6-5-8-14(15)16/h5-6,8-9,13,17H,2-4,7,10-12,16H2,1H3. The largest absolute Gasteiger partial charge is 0.489 e. The molecule has 0 aromatic heterocycles. The van der Waals surface area contributed by atoms with Crippen LogP contribution in [0.4, 0.5) is 5.69 Å². The quantitative estimate of drug-likeness (QED) is 0.505. The van der Waals surface area contributed by atoms with Crippen LogP contribution in [-0.2, 0) is 4.74 Å². The lowest BCUT2D eigenvalue weighted by atomic mass is 10.2. The summed E-state index contributed by atoms with van der Waals surface area (Å²) >= 11 is 0. The molecule has 4 heteroatoms. The Morgan fingerprint density at radius 3 is 2.68 bits per heavy atom. The van der Waals surface area contributed by atoms with E-state index >= 15 is 0 Å². The van der Waals surface area contributed by atoms with Gasteiger partial charge in [0.05, 0.1) is 12.3 Å². The summed E-state index contributed by atoms with van der Waals surface area (Å²) in [4.78, 5) is 0. The van der Waals surface area contributed by atoms with E-state index in [-0.39, 0.29) is 6.61 Å². The molecule has 0 aliphatic rings. The SMILES string of the molecule is CCCCCCOCC(O)COc1ccccc1N. The third kappa shape index (κ3) is 7.03. The number of benzene rings is 1. The second-order valence-corrected chi connectivity index (χ2v) is 4.64. The summed E-state index contributed by atoms with van der Waals surface area (Å²) in [5, 5.41) is 9.71. The summed E-state index contributed by atoms with van der Waals surface area (Å²) in [6.07, 6.45) is 4.07. The molecule has 0 radical (unpaired) electrons. The van der Waals surface area contributed by atoms with Crippen molar-refractivity contribution in [1.82, 2.24) is 0 Å². The Labute approximate surface area is 115 Å². The van der Waals surface area contributed by atoms with Gasteiger partial charge in [0.2, 0.25) is 0 Å². The van der Waals surface area contributed by atoms with Crippen LogP contribution in [0.5, 0.6) is 5.75 Å². The van der Waals surface area contributed by atoms with Gasteiger partial charge in [-0.3, -0.25) is 0 Å². The highest BCUT2D eigenvalue weighted by atomic mass is 16.5. The number of aliphatic hydroxyl groups excluding tert-OH is 1. The van der Waals surface area contributed by atoms with Gasteiger partial charge >= 0.3 is 0 Å². The van der Waals surface area contributed by atoms with Crippen LogP contribution in [0, 0.1) is 0 Å². The number of aliphatic hydroxyl groups is 1. The zero-order chi connectivity index (χ0) is 13.9. The normalized spacial score (nSPS) is 12.3. The van der Waals surface area contributed by atoms with Gasteiger partial charge in [0.1, 0.15) is 18.5 Å². The van der Waals surface area contributed by atoms with Crippen molar-refractivity contribution >= 4 is 5.69 Å². The van der Waals surface area contributed by atoms with Gasteiger partial charge in [-0.1, -0.05) is 38.3 Å². The number of hydrogen-bond acceptors (Lipinski definition) is 4. The van der Waals surface area contributed by atoms with Crippen LogP contribution in [-0.4, -0.2) is 31.0 Å². The predicted molar refractivity (Wildman–Crippen MR) is 77.3 cm³/mol.